The van der Waals surface area contributed by atoms with Gasteiger partial charge in [0.25, 0.3) is 0 Å². The summed E-state index contributed by atoms with van der Waals surface area (Å²) in [6, 6.07) is 4.12. The average Bonchev–Trinajstić information content (AvgIpc) is 3.21. The van der Waals surface area contributed by atoms with Gasteiger partial charge in [0.2, 0.25) is 11.8 Å². The van der Waals surface area contributed by atoms with Crippen LogP contribution in [0.3, 0.4) is 0 Å². The molecule has 0 saturated carbocycles. The van der Waals surface area contributed by atoms with Crippen molar-refractivity contribution in [3.63, 3.8) is 0 Å². The van der Waals surface area contributed by atoms with E-state index in [4.69, 9.17) is 0 Å². The van der Waals surface area contributed by atoms with E-state index in [-0.39, 0.29) is 11.8 Å². The zero-order valence-corrected chi connectivity index (χ0v) is 19.1. The van der Waals surface area contributed by atoms with Crippen LogP contribution in [-0.2, 0) is 20.4 Å². The first-order valence-corrected chi connectivity index (χ1v) is 11.2. The molecule has 0 aromatic carbocycles. The van der Waals surface area contributed by atoms with Gasteiger partial charge in [-0.05, 0) is 44.0 Å². The van der Waals surface area contributed by atoms with Crippen molar-refractivity contribution in [1.82, 2.24) is 20.6 Å². The molecule has 2 atom stereocenters. The van der Waals surface area contributed by atoms with Gasteiger partial charge in [-0.3, -0.25) is 9.59 Å². The van der Waals surface area contributed by atoms with Crippen molar-refractivity contribution in [2.24, 2.45) is 0 Å². The number of nitrogens with zero attached hydrogens (tertiary/aromatic N) is 2. The largest absolute Gasteiger partial charge is 0.312 e. The number of fused-ring (bicyclic) bond motifs is 4. The normalized spacial score (nSPS) is 26.5. The Hall–Kier alpha value is -3.36. The minimum atomic E-state index is -0.557. The summed E-state index contributed by atoms with van der Waals surface area (Å²) in [5.41, 5.74) is 4.04. The minimum absolute atomic E-state index is 0.0176. The smallest absolute Gasteiger partial charge is 0.241 e. The van der Waals surface area contributed by atoms with Crippen molar-refractivity contribution >= 4 is 23.5 Å². The number of hydrogen-bond acceptors (Lipinski definition) is 6. The topological polar surface area (TPSA) is 108 Å². The standard InChI is InChI=1S/C13H15N3O.C12H13N3O/c1-8-6-10-11(15-9(8)2)16-12(17)13(10)4-3-5-14-7-13;1-8-5-9-10(14-6-8)15-11(16)12(9)3-2-4-13-7-12/h3-4,6,14H,5,7H2,1-2H3,(H,15,16,17);2-3,5-6,13H,4,7H2,1H3,(H,14,15,16)/t13-;12-/m11/s1. The van der Waals surface area contributed by atoms with Crippen LogP contribution in [-0.4, -0.2) is 48.0 Å². The molecular weight excluding hydrogens is 416 g/mol. The number of nitrogens with one attached hydrogen (secondary N) is 4. The molecule has 0 unspecified atom stereocenters. The summed E-state index contributed by atoms with van der Waals surface area (Å²) in [5, 5.41) is 12.2. The number of hydrogen-bond donors (Lipinski definition) is 4. The van der Waals surface area contributed by atoms with Gasteiger partial charge in [0, 0.05) is 49.2 Å². The average molecular weight is 445 g/mol. The Labute approximate surface area is 193 Å². The summed E-state index contributed by atoms with van der Waals surface area (Å²) in [6.45, 7) is 8.91. The number of anilines is 2. The first-order valence-electron chi connectivity index (χ1n) is 11.2. The van der Waals surface area contributed by atoms with Gasteiger partial charge in [-0.25, -0.2) is 9.97 Å². The highest BCUT2D eigenvalue weighted by atomic mass is 16.2. The molecule has 0 radical (unpaired) electrons. The summed E-state index contributed by atoms with van der Waals surface area (Å²) in [6.07, 6.45) is 9.78. The molecule has 2 aromatic heterocycles. The molecule has 8 nitrogen and oxygen atoms in total. The molecule has 2 aromatic rings. The molecule has 170 valence electrons. The number of carbonyl (C=O) groups is 2. The molecule has 4 aliphatic rings. The molecule has 0 saturated heterocycles. The molecule has 6 rings (SSSR count). The Balaban J connectivity index is 0.000000139. The van der Waals surface area contributed by atoms with Crippen molar-refractivity contribution in [1.29, 1.82) is 0 Å². The van der Waals surface area contributed by atoms with E-state index in [9.17, 15) is 9.59 Å². The molecule has 8 heteroatoms. The van der Waals surface area contributed by atoms with Gasteiger partial charge in [0.05, 0.1) is 0 Å². The van der Waals surface area contributed by atoms with Crippen molar-refractivity contribution in [3.05, 3.63) is 70.6 Å². The van der Waals surface area contributed by atoms with Gasteiger partial charge in [-0.1, -0.05) is 24.3 Å². The van der Waals surface area contributed by atoms with Gasteiger partial charge in [0.1, 0.15) is 22.5 Å². The van der Waals surface area contributed by atoms with E-state index in [1.807, 2.05) is 51.1 Å². The quantitative estimate of drug-likeness (QED) is 0.462. The Bertz CT molecular complexity index is 1220. The molecule has 0 fully saturated rings. The van der Waals surface area contributed by atoms with Gasteiger partial charge >= 0.3 is 0 Å². The predicted octanol–water partition coefficient (Wildman–Crippen LogP) is 1.79. The number of aromatic nitrogens is 2. The van der Waals surface area contributed by atoms with Crippen LogP contribution in [0.15, 0.2) is 42.6 Å². The van der Waals surface area contributed by atoms with Crippen LogP contribution in [0.2, 0.25) is 0 Å². The van der Waals surface area contributed by atoms with Crippen LogP contribution < -0.4 is 21.3 Å². The molecule has 2 amide bonds. The summed E-state index contributed by atoms with van der Waals surface area (Å²) in [7, 11) is 0. The number of carbonyl (C=O) groups excluding carboxylic acids is 2. The Kier molecular flexibility index (Phi) is 5.14. The minimum Gasteiger partial charge on any atom is -0.312 e. The van der Waals surface area contributed by atoms with Gasteiger partial charge in [0.15, 0.2) is 0 Å². The van der Waals surface area contributed by atoms with Crippen LogP contribution in [0, 0.1) is 20.8 Å². The fraction of sp³-hybridized carbons (Fsp3) is 0.360. The summed E-state index contributed by atoms with van der Waals surface area (Å²) in [4.78, 5) is 33.0. The Morgan fingerprint density at radius 2 is 1.39 bits per heavy atom. The summed E-state index contributed by atoms with van der Waals surface area (Å²) in [5.74, 6) is 1.45. The third-order valence-corrected chi connectivity index (χ3v) is 6.86. The van der Waals surface area contributed by atoms with E-state index in [0.717, 1.165) is 41.0 Å². The fourth-order valence-corrected chi connectivity index (χ4v) is 4.86. The lowest BCUT2D eigenvalue weighted by atomic mass is 9.80. The first kappa shape index (κ1) is 21.5. The van der Waals surface area contributed by atoms with Crippen molar-refractivity contribution in [2.45, 2.75) is 31.6 Å². The number of amides is 2. The van der Waals surface area contributed by atoms with Crippen LogP contribution >= 0.6 is 0 Å². The van der Waals surface area contributed by atoms with Crippen molar-refractivity contribution in [2.75, 3.05) is 36.8 Å². The molecule has 0 bridgehead atoms. The second kappa shape index (κ2) is 7.90. The Morgan fingerprint density at radius 1 is 0.818 bits per heavy atom. The van der Waals surface area contributed by atoms with E-state index >= 15 is 0 Å². The SMILES string of the molecule is Cc1cc2c(nc1C)NC(=O)[C@@]21C=CCNC1.Cc1cnc2c(c1)[C@]1(C=CCNC1)C(=O)N2. The second-order valence-electron chi connectivity index (χ2n) is 9.11. The highest BCUT2D eigenvalue weighted by molar-refractivity contribution is 6.08. The third kappa shape index (κ3) is 3.37. The van der Waals surface area contributed by atoms with Crippen molar-refractivity contribution in [3.8, 4) is 0 Å². The van der Waals surface area contributed by atoms with Crippen molar-refractivity contribution < 1.29 is 9.59 Å². The number of rotatable bonds is 0. The van der Waals surface area contributed by atoms with E-state index in [0.29, 0.717) is 24.7 Å². The first-order chi connectivity index (χ1) is 15.9. The summed E-state index contributed by atoms with van der Waals surface area (Å²) >= 11 is 0. The van der Waals surface area contributed by atoms with Crippen LogP contribution in [0.4, 0.5) is 11.6 Å². The second-order valence-corrected chi connectivity index (χ2v) is 9.11. The molecule has 33 heavy (non-hydrogen) atoms. The molecule has 4 N–H and O–H groups in total. The van der Waals surface area contributed by atoms with Crippen LogP contribution in [0.5, 0.6) is 0 Å². The number of pyridine rings is 2. The maximum absolute atomic E-state index is 12.2. The van der Waals surface area contributed by atoms with E-state index < -0.39 is 10.8 Å². The molecule has 2 spiro atoms. The van der Waals surface area contributed by atoms with Gasteiger partial charge < -0.3 is 21.3 Å². The monoisotopic (exact) mass is 444 g/mol. The predicted molar refractivity (Wildman–Crippen MR) is 127 cm³/mol. The van der Waals surface area contributed by atoms with E-state index in [1.54, 1.807) is 6.20 Å². The molecule has 4 aliphatic heterocycles. The molecular formula is C25H28N6O2. The van der Waals surface area contributed by atoms with E-state index in [2.05, 4.69) is 37.3 Å². The maximum Gasteiger partial charge on any atom is 0.241 e. The summed E-state index contributed by atoms with van der Waals surface area (Å²) < 4.78 is 0. The highest BCUT2D eigenvalue weighted by Crippen LogP contribution is 2.40. The van der Waals surface area contributed by atoms with Gasteiger partial charge in [-0.2, -0.15) is 0 Å². The zero-order valence-electron chi connectivity index (χ0n) is 19.1. The lowest BCUT2D eigenvalue weighted by Gasteiger charge is -2.27. The molecule has 6 heterocycles. The fourth-order valence-electron chi connectivity index (χ4n) is 4.86. The van der Waals surface area contributed by atoms with Crippen LogP contribution in [0.25, 0.3) is 0 Å². The lowest BCUT2D eigenvalue weighted by Crippen LogP contribution is -2.45. The maximum atomic E-state index is 12.2. The lowest BCUT2D eigenvalue weighted by molar-refractivity contribution is -0.120. The van der Waals surface area contributed by atoms with E-state index in [1.165, 1.54) is 0 Å². The molecule has 0 aliphatic carbocycles. The Morgan fingerprint density at radius 3 is 1.97 bits per heavy atom. The third-order valence-electron chi connectivity index (χ3n) is 6.86. The van der Waals surface area contributed by atoms with Crippen LogP contribution in [0.1, 0.15) is 27.9 Å². The zero-order chi connectivity index (χ0) is 23.2. The highest BCUT2D eigenvalue weighted by Gasteiger charge is 2.47. The van der Waals surface area contributed by atoms with Gasteiger partial charge in [-0.15, -0.1) is 0 Å². The number of aryl methyl sites for hydroxylation is 3.